The van der Waals surface area contributed by atoms with Crippen LogP contribution in [0.5, 0.6) is 0 Å². The Kier molecular flexibility index (Phi) is 3.95. The molecule has 0 fully saturated rings. The minimum atomic E-state index is -2.04. The van der Waals surface area contributed by atoms with Crippen molar-refractivity contribution in [3.8, 4) is 0 Å². The van der Waals surface area contributed by atoms with Crippen molar-refractivity contribution >= 4 is 26.1 Å². The molecule has 20 heavy (non-hydrogen) atoms. The first-order valence-corrected chi connectivity index (χ1v) is 9.77. The number of rotatable bonds is 5. The highest BCUT2D eigenvalue weighted by Gasteiger charge is 2.48. The van der Waals surface area contributed by atoms with Crippen molar-refractivity contribution in [1.82, 2.24) is 4.57 Å². The normalized spacial score (nSPS) is 14.7. The van der Waals surface area contributed by atoms with Crippen LogP contribution in [-0.2, 0) is 0 Å². The first-order valence-electron chi connectivity index (χ1n) is 7.20. The van der Waals surface area contributed by atoms with E-state index in [1.807, 2.05) is 12.1 Å². The van der Waals surface area contributed by atoms with Crippen LogP contribution in [-0.4, -0.2) is 24.6 Å². The van der Waals surface area contributed by atoms with Crippen molar-refractivity contribution in [3.63, 3.8) is 0 Å². The van der Waals surface area contributed by atoms with Gasteiger partial charge in [-0.3, -0.25) is 9.59 Å². The largest absolute Gasteiger partial charge is 0.303 e. The zero-order valence-electron chi connectivity index (χ0n) is 12.4. The van der Waals surface area contributed by atoms with Crippen LogP contribution in [0.15, 0.2) is 24.8 Å². The lowest BCUT2D eigenvalue weighted by Crippen LogP contribution is -2.55. The van der Waals surface area contributed by atoms with Crippen LogP contribution >= 0.6 is 0 Å². The second-order valence-electron chi connectivity index (χ2n) is 5.20. The summed E-state index contributed by atoms with van der Waals surface area (Å²) in [6.07, 6.45) is 1.65. The Labute approximate surface area is 121 Å². The zero-order valence-corrected chi connectivity index (χ0v) is 13.4. The van der Waals surface area contributed by atoms with Gasteiger partial charge >= 0.3 is 0 Å². The van der Waals surface area contributed by atoms with E-state index in [1.165, 1.54) is 0 Å². The maximum Gasteiger partial charge on any atom is 0.254 e. The molecule has 1 aliphatic heterocycles. The predicted molar refractivity (Wildman–Crippen MR) is 84.2 cm³/mol. The fraction of sp³-hybridized carbons (Fsp3) is 0.375. The highest BCUT2D eigenvalue weighted by molar-refractivity contribution is 6.82. The average molecular weight is 287 g/mol. The lowest BCUT2D eigenvalue weighted by atomic mass is 10.0. The van der Waals surface area contributed by atoms with E-state index in [-0.39, 0.29) is 11.8 Å². The molecule has 0 saturated carbocycles. The summed E-state index contributed by atoms with van der Waals surface area (Å²) in [5.74, 6) is -0.219. The second kappa shape index (κ2) is 5.36. The topological polar surface area (TPSA) is 37.4 Å². The predicted octanol–water partition coefficient (Wildman–Crippen LogP) is 3.93. The van der Waals surface area contributed by atoms with Crippen LogP contribution in [0, 0.1) is 0 Å². The number of imide groups is 1. The maximum absolute atomic E-state index is 12.8. The van der Waals surface area contributed by atoms with Crippen molar-refractivity contribution in [2.45, 2.75) is 38.9 Å². The van der Waals surface area contributed by atoms with Gasteiger partial charge in [-0.25, -0.2) is 0 Å². The highest BCUT2D eigenvalue weighted by atomic mass is 28.3. The van der Waals surface area contributed by atoms with E-state index < -0.39 is 8.24 Å². The second-order valence-corrected chi connectivity index (χ2v) is 10.2. The highest BCUT2D eigenvalue weighted by Crippen LogP contribution is 2.35. The monoisotopic (exact) mass is 287 g/mol. The molecule has 3 nitrogen and oxygen atoms in total. The van der Waals surface area contributed by atoms with E-state index in [9.17, 15) is 9.59 Å². The third-order valence-electron chi connectivity index (χ3n) is 4.62. The average Bonchev–Trinajstić information content (AvgIpc) is 2.75. The van der Waals surface area contributed by atoms with Crippen LogP contribution in [0.25, 0.3) is 6.08 Å². The van der Waals surface area contributed by atoms with E-state index >= 15 is 0 Å². The molecule has 0 spiro atoms. The molecule has 1 aromatic carbocycles. The van der Waals surface area contributed by atoms with Crippen LogP contribution in [0.1, 0.15) is 47.1 Å². The van der Waals surface area contributed by atoms with Gasteiger partial charge in [-0.05, 0) is 29.8 Å². The summed E-state index contributed by atoms with van der Waals surface area (Å²) in [5.41, 5.74) is 1.84. The van der Waals surface area contributed by atoms with Gasteiger partial charge in [-0.2, -0.15) is 0 Å². The first-order chi connectivity index (χ1) is 9.56. The van der Waals surface area contributed by atoms with Crippen molar-refractivity contribution in [1.29, 1.82) is 0 Å². The fourth-order valence-corrected chi connectivity index (χ4v) is 6.68. The molecule has 1 aromatic rings. The van der Waals surface area contributed by atoms with E-state index in [4.69, 9.17) is 0 Å². The number of carbonyl (C=O) groups is 2. The fourth-order valence-electron chi connectivity index (χ4n) is 3.14. The van der Waals surface area contributed by atoms with Gasteiger partial charge in [0.2, 0.25) is 0 Å². The molecule has 0 atom stereocenters. The third kappa shape index (κ3) is 1.86. The van der Waals surface area contributed by atoms with Crippen LogP contribution in [0.4, 0.5) is 0 Å². The molecule has 2 rings (SSSR count). The molecule has 1 heterocycles. The Morgan fingerprint density at radius 2 is 1.70 bits per heavy atom. The smallest absolute Gasteiger partial charge is 0.254 e. The molecule has 0 bridgehead atoms. The van der Waals surface area contributed by atoms with Gasteiger partial charge in [0.1, 0.15) is 0 Å². The van der Waals surface area contributed by atoms with Crippen LogP contribution in [0.3, 0.4) is 0 Å². The number of benzene rings is 1. The molecule has 0 radical (unpaired) electrons. The molecule has 0 aromatic heterocycles. The number of hydrogen-bond donors (Lipinski definition) is 0. The molecule has 0 N–H and O–H groups in total. The van der Waals surface area contributed by atoms with Gasteiger partial charge in [0.25, 0.3) is 11.8 Å². The quantitative estimate of drug-likeness (QED) is 0.608. The van der Waals surface area contributed by atoms with E-state index in [0.29, 0.717) is 11.1 Å². The zero-order chi connectivity index (χ0) is 14.9. The van der Waals surface area contributed by atoms with E-state index in [1.54, 1.807) is 16.7 Å². The Hall–Kier alpha value is -1.68. The summed E-state index contributed by atoms with van der Waals surface area (Å²) in [4.78, 5) is 25.5. The van der Waals surface area contributed by atoms with Crippen molar-refractivity contribution in [2.75, 3.05) is 0 Å². The summed E-state index contributed by atoms with van der Waals surface area (Å²) in [5, 5.41) is 0. The summed E-state index contributed by atoms with van der Waals surface area (Å²) >= 11 is 0. The van der Waals surface area contributed by atoms with Gasteiger partial charge in [0.05, 0.1) is 11.1 Å². The first kappa shape index (κ1) is 14.7. The van der Waals surface area contributed by atoms with Crippen molar-refractivity contribution in [2.24, 2.45) is 0 Å². The van der Waals surface area contributed by atoms with E-state index in [2.05, 4.69) is 27.4 Å². The Balaban J connectivity index is 2.60. The van der Waals surface area contributed by atoms with Crippen molar-refractivity contribution < 1.29 is 9.59 Å². The minimum absolute atomic E-state index is 0.106. The molecule has 0 aliphatic carbocycles. The van der Waals surface area contributed by atoms with Crippen molar-refractivity contribution in [3.05, 3.63) is 41.5 Å². The van der Waals surface area contributed by atoms with E-state index in [0.717, 1.165) is 23.7 Å². The van der Waals surface area contributed by atoms with Gasteiger partial charge in [-0.1, -0.05) is 45.6 Å². The number of nitrogens with zero attached hydrogens (tertiary/aromatic N) is 1. The molecule has 4 heteroatoms. The lowest BCUT2D eigenvalue weighted by molar-refractivity contribution is 0.0749. The summed E-state index contributed by atoms with van der Waals surface area (Å²) in [7, 11) is -2.04. The van der Waals surface area contributed by atoms with Gasteiger partial charge in [-0.15, -0.1) is 0 Å². The maximum atomic E-state index is 12.8. The van der Waals surface area contributed by atoms with Crippen LogP contribution < -0.4 is 0 Å². The Morgan fingerprint density at radius 1 is 1.10 bits per heavy atom. The minimum Gasteiger partial charge on any atom is -0.303 e. The number of hydrogen-bond acceptors (Lipinski definition) is 2. The van der Waals surface area contributed by atoms with Gasteiger partial charge < -0.3 is 4.57 Å². The molecule has 0 unspecified atom stereocenters. The molecular formula is C16H21NO2Si. The summed E-state index contributed by atoms with van der Waals surface area (Å²) in [6.45, 7) is 10.0. The molecular weight excluding hydrogens is 266 g/mol. The van der Waals surface area contributed by atoms with Gasteiger partial charge in [0.15, 0.2) is 8.24 Å². The van der Waals surface area contributed by atoms with Crippen LogP contribution in [0.2, 0.25) is 18.1 Å². The molecule has 106 valence electrons. The van der Waals surface area contributed by atoms with Gasteiger partial charge in [0, 0.05) is 0 Å². The number of fused-ring (bicyclic) bond motifs is 1. The number of carbonyl (C=O) groups excluding carboxylic acids is 2. The molecule has 2 amide bonds. The summed E-state index contributed by atoms with van der Waals surface area (Å²) < 4.78 is 1.62. The Morgan fingerprint density at radius 3 is 2.20 bits per heavy atom. The standard InChI is InChI=1S/C16H21NO2Si/c1-5-12-10-9-11-13-14(12)16(19)17(15(13)18)20(6-2,7-3)8-4/h5,9-11H,1,6-8H2,2-4H3. The molecule has 0 saturated heterocycles. The lowest BCUT2D eigenvalue weighted by Gasteiger charge is -2.36. The molecule has 1 aliphatic rings. The Bertz CT molecular complexity index is 568. The third-order valence-corrected chi connectivity index (χ3v) is 9.92. The SMILES string of the molecule is C=Cc1cccc2c1C(=O)N([Si](CC)(CC)CC)C2=O. The number of amides is 2. The summed E-state index contributed by atoms with van der Waals surface area (Å²) in [6, 6.07) is 8.15.